The Kier molecular flexibility index (Phi) is 4.06. The molecule has 1 atom stereocenters. The average Bonchev–Trinajstić information content (AvgIpc) is 2.86. The molecule has 0 saturated carbocycles. The Hall–Kier alpha value is -1.91. The van der Waals surface area contributed by atoms with Crippen molar-refractivity contribution in [2.45, 2.75) is 26.7 Å². The van der Waals surface area contributed by atoms with Crippen LogP contribution in [0.4, 0.5) is 0 Å². The highest BCUT2D eigenvalue weighted by atomic mass is 16.4. The summed E-state index contributed by atoms with van der Waals surface area (Å²) in [5.74, 6) is -0.801. The molecule has 0 bridgehead atoms. The van der Waals surface area contributed by atoms with Gasteiger partial charge in [0.2, 0.25) is 5.91 Å². The zero-order valence-electron chi connectivity index (χ0n) is 11.9. The van der Waals surface area contributed by atoms with Gasteiger partial charge in [-0.2, -0.15) is 0 Å². The van der Waals surface area contributed by atoms with E-state index in [9.17, 15) is 14.7 Å². The predicted molar refractivity (Wildman–Crippen MR) is 74.0 cm³/mol. The molecule has 1 aliphatic heterocycles. The maximum absolute atomic E-state index is 12.3. The van der Waals surface area contributed by atoms with Crippen LogP contribution in [0.1, 0.15) is 25.8 Å². The summed E-state index contributed by atoms with van der Waals surface area (Å²) in [5.41, 5.74) is 0.107. The number of aliphatic carboxylic acids is 1. The SMILES string of the molecule is CC(C)C1(C(=O)O)CCN(C(=O)Cc2ccncc2)C1. The van der Waals surface area contributed by atoms with E-state index in [-0.39, 0.29) is 11.8 Å². The number of aromatic nitrogens is 1. The third-order valence-electron chi connectivity index (χ3n) is 4.29. The van der Waals surface area contributed by atoms with Crippen LogP contribution in [0.5, 0.6) is 0 Å². The molecule has 1 unspecified atom stereocenters. The third-order valence-corrected chi connectivity index (χ3v) is 4.29. The fourth-order valence-electron chi connectivity index (χ4n) is 2.73. The lowest BCUT2D eigenvalue weighted by molar-refractivity contribution is -0.151. The average molecular weight is 276 g/mol. The van der Waals surface area contributed by atoms with E-state index >= 15 is 0 Å². The fourth-order valence-corrected chi connectivity index (χ4v) is 2.73. The maximum Gasteiger partial charge on any atom is 0.311 e. The number of pyridine rings is 1. The van der Waals surface area contributed by atoms with Gasteiger partial charge in [0.15, 0.2) is 0 Å². The van der Waals surface area contributed by atoms with Crippen LogP contribution in [0.15, 0.2) is 24.5 Å². The zero-order chi connectivity index (χ0) is 14.8. The monoisotopic (exact) mass is 276 g/mol. The number of hydrogen-bond donors (Lipinski definition) is 1. The number of amides is 1. The molecular formula is C15H20N2O3. The second-order valence-corrected chi connectivity index (χ2v) is 5.71. The van der Waals surface area contributed by atoms with Gasteiger partial charge in [-0.3, -0.25) is 14.6 Å². The molecule has 108 valence electrons. The molecule has 0 radical (unpaired) electrons. The summed E-state index contributed by atoms with van der Waals surface area (Å²) in [5, 5.41) is 9.48. The van der Waals surface area contributed by atoms with Gasteiger partial charge in [0.25, 0.3) is 0 Å². The van der Waals surface area contributed by atoms with Gasteiger partial charge in [0.05, 0.1) is 11.8 Å². The highest BCUT2D eigenvalue weighted by Crippen LogP contribution is 2.38. The number of carbonyl (C=O) groups excluding carboxylic acids is 1. The number of carboxylic acids is 1. The first-order chi connectivity index (χ1) is 9.45. The summed E-state index contributed by atoms with van der Waals surface area (Å²) in [7, 11) is 0. The van der Waals surface area contributed by atoms with E-state index in [1.807, 2.05) is 13.8 Å². The van der Waals surface area contributed by atoms with Crippen molar-refractivity contribution in [2.75, 3.05) is 13.1 Å². The first kappa shape index (κ1) is 14.5. The van der Waals surface area contributed by atoms with Crippen LogP contribution < -0.4 is 0 Å². The Morgan fingerprint density at radius 3 is 2.55 bits per heavy atom. The van der Waals surface area contributed by atoms with Crippen molar-refractivity contribution >= 4 is 11.9 Å². The van der Waals surface area contributed by atoms with Gasteiger partial charge < -0.3 is 10.0 Å². The van der Waals surface area contributed by atoms with Crippen molar-refractivity contribution in [1.29, 1.82) is 0 Å². The van der Waals surface area contributed by atoms with Crippen molar-refractivity contribution < 1.29 is 14.7 Å². The van der Waals surface area contributed by atoms with Crippen molar-refractivity contribution in [3.05, 3.63) is 30.1 Å². The zero-order valence-corrected chi connectivity index (χ0v) is 11.9. The Morgan fingerprint density at radius 2 is 2.05 bits per heavy atom. The summed E-state index contributed by atoms with van der Waals surface area (Å²) in [6.45, 7) is 4.65. The van der Waals surface area contributed by atoms with Crippen LogP contribution >= 0.6 is 0 Å². The van der Waals surface area contributed by atoms with E-state index in [1.54, 1.807) is 29.4 Å². The quantitative estimate of drug-likeness (QED) is 0.906. The smallest absolute Gasteiger partial charge is 0.311 e. The lowest BCUT2D eigenvalue weighted by Gasteiger charge is -2.28. The van der Waals surface area contributed by atoms with E-state index < -0.39 is 11.4 Å². The maximum atomic E-state index is 12.3. The Labute approximate surface area is 118 Å². The first-order valence-corrected chi connectivity index (χ1v) is 6.86. The standard InChI is InChI=1S/C15H20N2O3/c1-11(2)15(14(19)20)5-8-17(10-15)13(18)9-12-3-6-16-7-4-12/h3-4,6-7,11H,5,8-10H2,1-2H3,(H,19,20). The predicted octanol–water partition coefficient (Wildman–Crippen LogP) is 1.58. The molecule has 1 aliphatic rings. The highest BCUT2D eigenvalue weighted by molar-refractivity contribution is 5.82. The van der Waals surface area contributed by atoms with Crippen LogP contribution in [0.25, 0.3) is 0 Å². The van der Waals surface area contributed by atoms with Gasteiger partial charge in [-0.25, -0.2) is 0 Å². The third kappa shape index (κ3) is 2.66. The van der Waals surface area contributed by atoms with Crippen LogP contribution in [-0.4, -0.2) is 40.0 Å². The summed E-state index contributed by atoms with van der Waals surface area (Å²) >= 11 is 0. The van der Waals surface area contributed by atoms with Crippen molar-refractivity contribution in [1.82, 2.24) is 9.88 Å². The van der Waals surface area contributed by atoms with E-state index in [2.05, 4.69) is 4.98 Å². The molecule has 20 heavy (non-hydrogen) atoms. The summed E-state index contributed by atoms with van der Waals surface area (Å²) < 4.78 is 0. The molecule has 1 saturated heterocycles. The number of carbonyl (C=O) groups is 2. The molecule has 1 fully saturated rings. The molecule has 1 N–H and O–H groups in total. The molecule has 5 nitrogen and oxygen atoms in total. The summed E-state index contributed by atoms with van der Waals surface area (Å²) in [4.78, 5) is 29.4. The normalized spacial score (nSPS) is 22.2. The molecule has 2 heterocycles. The molecule has 1 aromatic rings. The number of carboxylic acid groups (broad SMARTS) is 1. The van der Waals surface area contributed by atoms with Crippen molar-refractivity contribution in [2.24, 2.45) is 11.3 Å². The number of likely N-dealkylation sites (tertiary alicyclic amines) is 1. The van der Waals surface area contributed by atoms with Crippen molar-refractivity contribution in [3.8, 4) is 0 Å². The van der Waals surface area contributed by atoms with Crippen molar-refractivity contribution in [3.63, 3.8) is 0 Å². The number of hydrogen-bond acceptors (Lipinski definition) is 3. The van der Waals surface area contributed by atoms with Gasteiger partial charge in [-0.15, -0.1) is 0 Å². The van der Waals surface area contributed by atoms with Gasteiger partial charge in [0, 0.05) is 25.5 Å². The first-order valence-electron chi connectivity index (χ1n) is 6.86. The van der Waals surface area contributed by atoms with Crippen LogP contribution in [0.3, 0.4) is 0 Å². The molecular weight excluding hydrogens is 256 g/mol. The van der Waals surface area contributed by atoms with E-state index in [4.69, 9.17) is 0 Å². The minimum Gasteiger partial charge on any atom is -0.481 e. The molecule has 1 aromatic heterocycles. The molecule has 0 spiro atoms. The van der Waals surface area contributed by atoms with Gasteiger partial charge >= 0.3 is 5.97 Å². The molecule has 0 aromatic carbocycles. The molecule has 1 amide bonds. The second-order valence-electron chi connectivity index (χ2n) is 5.71. The Morgan fingerprint density at radius 1 is 1.40 bits per heavy atom. The van der Waals surface area contributed by atoms with Crippen LogP contribution in [-0.2, 0) is 16.0 Å². The number of rotatable bonds is 4. The second kappa shape index (κ2) is 5.61. The van der Waals surface area contributed by atoms with E-state index in [1.165, 1.54) is 0 Å². The van der Waals surface area contributed by atoms with E-state index in [0.29, 0.717) is 25.9 Å². The molecule has 0 aliphatic carbocycles. The van der Waals surface area contributed by atoms with E-state index in [0.717, 1.165) is 5.56 Å². The van der Waals surface area contributed by atoms with Gasteiger partial charge in [-0.1, -0.05) is 13.8 Å². The van der Waals surface area contributed by atoms with Crippen LogP contribution in [0, 0.1) is 11.3 Å². The minimum atomic E-state index is -0.799. The van der Waals surface area contributed by atoms with Gasteiger partial charge in [0.1, 0.15) is 0 Å². The minimum absolute atomic E-state index is 0.0127. The lowest BCUT2D eigenvalue weighted by atomic mass is 9.76. The highest BCUT2D eigenvalue weighted by Gasteiger charge is 2.48. The fraction of sp³-hybridized carbons (Fsp3) is 0.533. The topological polar surface area (TPSA) is 70.5 Å². The Bertz CT molecular complexity index is 501. The molecule has 5 heteroatoms. The van der Waals surface area contributed by atoms with Gasteiger partial charge in [-0.05, 0) is 30.0 Å². The Balaban J connectivity index is 2.05. The largest absolute Gasteiger partial charge is 0.481 e. The summed E-state index contributed by atoms with van der Waals surface area (Å²) in [6, 6.07) is 3.61. The van der Waals surface area contributed by atoms with Crippen LogP contribution in [0.2, 0.25) is 0 Å². The molecule has 2 rings (SSSR count). The number of nitrogens with zero attached hydrogens (tertiary/aromatic N) is 2. The summed E-state index contributed by atoms with van der Waals surface area (Å²) in [6.07, 6.45) is 4.14. The lowest BCUT2D eigenvalue weighted by Crippen LogP contribution is -2.41.